The summed E-state index contributed by atoms with van der Waals surface area (Å²) in [6.45, 7) is 2.71. The zero-order valence-corrected chi connectivity index (χ0v) is 9.29. The van der Waals surface area contributed by atoms with Gasteiger partial charge in [0.2, 0.25) is 5.76 Å². The minimum Gasteiger partial charge on any atom is -0.475 e. The van der Waals surface area contributed by atoms with Gasteiger partial charge in [-0.2, -0.15) is 0 Å². The van der Waals surface area contributed by atoms with Crippen LogP contribution in [-0.4, -0.2) is 20.2 Å². The van der Waals surface area contributed by atoms with Crippen molar-refractivity contribution in [3.8, 4) is 0 Å². The second kappa shape index (κ2) is 4.32. The summed E-state index contributed by atoms with van der Waals surface area (Å²) < 4.78 is 8.10. The van der Waals surface area contributed by atoms with E-state index < -0.39 is 5.97 Å². The Labute approximate surface area is 96.7 Å². The number of aromatic carboxylic acids is 1. The average molecular weight is 236 g/mol. The maximum Gasteiger partial charge on any atom is 0.371 e. The van der Waals surface area contributed by atoms with Crippen LogP contribution in [0, 0.1) is 0 Å². The molecule has 0 aliphatic heterocycles. The van der Waals surface area contributed by atoms with Gasteiger partial charge in [0.25, 0.3) is 0 Å². The van der Waals surface area contributed by atoms with Crippen molar-refractivity contribution < 1.29 is 14.3 Å². The molecule has 0 bridgehead atoms. The van der Waals surface area contributed by atoms with E-state index in [2.05, 4.69) is 0 Å². The van der Waals surface area contributed by atoms with Gasteiger partial charge in [-0.15, -0.1) is 0 Å². The van der Waals surface area contributed by atoms with E-state index in [4.69, 9.17) is 9.52 Å². The predicted molar refractivity (Wildman–Crippen MR) is 59.1 cm³/mol. The molecule has 0 unspecified atom stereocenters. The van der Waals surface area contributed by atoms with Crippen LogP contribution >= 0.6 is 0 Å². The Morgan fingerprint density at radius 2 is 2.06 bits per heavy atom. The highest BCUT2D eigenvalue weighted by molar-refractivity contribution is 5.84. The molecule has 0 aliphatic carbocycles. The molecule has 6 nitrogen and oxygen atoms in total. The number of carboxylic acids is 1. The molecule has 0 radical (unpaired) electrons. The van der Waals surface area contributed by atoms with E-state index >= 15 is 0 Å². The fourth-order valence-electron chi connectivity index (χ4n) is 1.56. The topological polar surface area (TPSA) is 77.4 Å². The fraction of sp³-hybridized carbons (Fsp3) is 0.273. The molecule has 90 valence electrons. The zero-order valence-electron chi connectivity index (χ0n) is 9.29. The Morgan fingerprint density at radius 3 is 2.59 bits per heavy atom. The lowest BCUT2D eigenvalue weighted by Crippen LogP contribution is -2.23. The van der Waals surface area contributed by atoms with E-state index in [0.29, 0.717) is 12.3 Å². The van der Waals surface area contributed by atoms with Crippen molar-refractivity contribution in [3.63, 3.8) is 0 Å². The first-order chi connectivity index (χ1) is 8.11. The highest BCUT2D eigenvalue weighted by Crippen LogP contribution is 2.08. The number of carboxylic acid groups (broad SMARTS) is 1. The lowest BCUT2D eigenvalue weighted by atomic mass is 10.4. The molecule has 0 saturated carbocycles. The summed E-state index contributed by atoms with van der Waals surface area (Å²) in [6.07, 6.45) is 3.33. The van der Waals surface area contributed by atoms with Crippen LogP contribution in [0.2, 0.25) is 0 Å². The second-order valence-electron chi connectivity index (χ2n) is 3.57. The van der Waals surface area contributed by atoms with E-state index in [1.165, 1.54) is 10.6 Å². The number of furan rings is 1. The number of aromatic nitrogens is 2. The number of aryl methyl sites for hydroxylation is 1. The summed E-state index contributed by atoms with van der Waals surface area (Å²) in [7, 11) is 0. The molecule has 2 heterocycles. The highest BCUT2D eigenvalue weighted by Gasteiger charge is 2.10. The molecule has 2 aromatic rings. The monoisotopic (exact) mass is 236 g/mol. The first-order valence-electron chi connectivity index (χ1n) is 5.19. The van der Waals surface area contributed by atoms with Crippen molar-refractivity contribution in [2.45, 2.75) is 20.0 Å². The van der Waals surface area contributed by atoms with Crippen molar-refractivity contribution >= 4 is 5.97 Å². The molecule has 17 heavy (non-hydrogen) atoms. The fourth-order valence-corrected chi connectivity index (χ4v) is 1.56. The molecule has 2 rings (SSSR count). The zero-order chi connectivity index (χ0) is 12.4. The number of carbonyl (C=O) groups is 1. The molecule has 0 saturated heterocycles. The van der Waals surface area contributed by atoms with Gasteiger partial charge in [-0.25, -0.2) is 9.59 Å². The minimum atomic E-state index is -1.12. The van der Waals surface area contributed by atoms with Crippen LogP contribution < -0.4 is 5.69 Å². The number of rotatable bonds is 4. The predicted octanol–water partition coefficient (Wildman–Crippen LogP) is 1.01. The van der Waals surface area contributed by atoms with E-state index in [0.717, 1.165) is 0 Å². The molecule has 0 amide bonds. The van der Waals surface area contributed by atoms with Crippen LogP contribution in [0.5, 0.6) is 0 Å². The van der Waals surface area contributed by atoms with E-state index in [1.807, 2.05) is 6.92 Å². The molecular weight excluding hydrogens is 224 g/mol. The molecule has 2 aromatic heterocycles. The molecule has 0 aliphatic rings. The van der Waals surface area contributed by atoms with Gasteiger partial charge in [0.05, 0.1) is 6.54 Å². The summed E-state index contributed by atoms with van der Waals surface area (Å²) in [5, 5.41) is 8.69. The molecule has 0 atom stereocenters. The quantitative estimate of drug-likeness (QED) is 0.859. The molecule has 1 N–H and O–H groups in total. The van der Waals surface area contributed by atoms with E-state index in [-0.39, 0.29) is 18.0 Å². The van der Waals surface area contributed by atoms with Crippen molar-refractivity contribution in [2.24, 2.45) is 0 Å². The number of imidazole rings is 1. The largest absolute Gasteiger partial charge is 0.475 e. The first kappa shape index (κ1) is 11.3. The summed E-state index contributed by atoms with van der Waals surface area (Å²) in [6, 6.07) is 2.93. The molecule has 0 spiro atoms. The number of hydrogen-bond donors (Lipinski definition) is 1. The third kappa shape index (κ3) is 2.15. The lowest BCUT2D eigenvalue weighted by Gasteiger charge is -1.97. The standard InChI is InChI=1S/C11H12N2O4/c1-2-12-5-6-13(11(12)16)7-8-3-4-9(17-8)10(14)15/h3-6H,2,7H2,1H3,(H,14,15). The Kier molecular flexibility index (Phi) is 2.86. The Hall–Kier alpha value is -2.24. The van der Waals surface area contributed by atoms with Crippen LogP contribution in [-0.2, 0) is 13.1 Å². The average Bonchev–Trinajstić information content (AvgIpc) is 2.88. The van der Waals surface area contributed by atoms with Crippen LogP contribution in [0.15, 0.2) is 33.7 Å². The van der Waals surface area contributed by atoms with Gasteiger partial charge in [-0.1, -0.05) is 0 Å². The first-order valence-corrected chi connectivity index (χ1v) is 5.19. The Balaban J connectivity index is 2.22. The van der Waals surface area contributed by atoms with Gasteiger partial charge in [-0.05, 0) is 19.1 Å². The summed E-state index contributed by atoms with van der Waals surface area (Å²) >= 11 is 0. The van der Waals surface area contributed by atoms with Crippen LogP contribution in [0.25, 0.3) is 0 Å². The van der Waals surface area contributed by atoms with Crippen LogP contribution in [0.1, 0.15) is 23.2 Å². The van der Waals surface area contributed by atoms with Gasteiger partial charge in [0.1, 0.15) is 5.76 Å². The summed E-state index contributed by atoms with van der Waals surface area (Å²) in [5.41, 5.74) is -0.138. The lowest BCUT2D eigenvalue weighted by molar-refractivity contribution is 0.0660. The van der Waals surface area contributed by atoms with Crippen molar-refractivity contribution in [1.82, 2.24) is 9.13 Å². The highest BCUT2D eigenvalue weighted by atomic mass is 16.4. The minimum absolute atomic E-state index is 0.122. The Bertz CT molecular complexity index is 591. The Morgan fingerprint density at radius 1 is 1.35 bits per heavy atom. The molecule has 6 heteroatoms. The third-order valence-electron chi connectivity index (χ3n) is 2.46. The maximum atomic E-state index is 11.7. The third-order valence-corrected chi connectivity index (χ3v) is 2.46. The van der Waals surface area contributed by atoms with Crippen molar-refractivity contribution in [2.75, 3.05) is 0 Å². The normalized spacial score (nSPS) is 10.6. The molecule has 0 aromatic carbocycles. The van der Waals surface area contributed by atoms with Crippen LogP contribution in [0.4, 0.5) is 0 Å². The second-order valence-corrected chi connectivity index (χ2v) is 3.57. The SMILES string of the molecule is CCn1ccn(Cc2ccc(C(=O)O)o2)c1=O. The van der Waals surface area contributed by atoms with Gasteiger partial charge in [0.15, 0.2) is 0 Å². The summed E-state index contributed by atoms with van der Waals surface area (Å²) in [5.74, 6) is -0.795. The smallest absolute Gasteiger partial charge is 0.371 e. The maximum absolute atomic E-state index is 11.7. The van der Waals surface area contributed by atoms with Gasteiger partial charge in [0, 0.05) is 18.9 Å². The van der Waals surface area contributed by atoms with Gasteiger partial charge >= 0.3 is 11.7 Å². The number of nitrogens with zero attached hydrogens (tertiary/aromatic N) is 2. The van der Waals surface area contributed by atoms with Crippen molar-refractivity contribution in [1.29, 1.82) is 0 Å². The number of hydrogen-bond acceptors (Lipinski definition) is 3. The molecule has 0 fully saturated rings. The van der Waals surface area contributed by atoms with Gasteiger partial charge in [-0.3, -0.25) is 9.13 Å². The van der Waals surface area contributed by atoms with Gasteiger partial charge < -0.3 is 9.52 Å². The molecular formula is C11H12N2O4. The van der Waals surface area contributed by atoms with E-state index in [9.17, 15) is 9.59 Å². The van der Waals surface area contributed by atoms with Crippen molar-refractivity contribution in [3.05, 3.63) is 46.5 Å². The van der Waals surface area contributed by atoms with E-state index in [1.54, 1.807) is 23.0 Å². The summed E-state index contributed by atoms with van der Waals surface area (Å²) in [4.78, 5) is 22.3. The van der Waals surface area contributed by atoms with Crippen LogP contribution in [0.3, 0.4) is 0 Å².